The standard InChI is InChI=1S/C16H25NO2/c1-11-7-13(3)15(8-12(11)2)16(10-18)17-9-14-5-4-6-19-14/h7-8,14,16-18H,4-6,9-10H2,1-3H3. The Balaban J connectivity index is 2.05. The van der Waals surface area contributed by atoms with Gasteiger partial charge < -0.3 is 15.2 Å². The van der Waals surface area contributed by atoms with E-state index in [9.17, 15) is 5.11 Å². The van der Waals surface area contributed by atoms with Gasteiger partial charge in [-0.25, -0.2) is 0 Å². The molecule has 0 saturated carbocycles. The predicted octanol–water partition coefficient (Wildman–Crippen LogP) is 2.41. The minimum Gasteiger partial charge on any atom is -0.394 e. The Kier molecular flexibility index (Phi) is 4.97. The summed E-state index contributed by atoms with van der Waals surface area (Å²) in [4.78, 5) is 0. The first-order valence-corrected chi connectivity index (χ1v) is 7.15. The van der Waals surface area contributed by atoms with E-state index in [2.05, 4.69) is 38.2 Å². The Labute approximate surface area is 116 Å². The Morgan fingerprint density at radius 3 is 2.63 bits per heavy atom. The summed E-state index contributed by atoms with van der Waals surface area (Å²) in [5.41, 5.74) is 5.01. The van der Waals surface area contributed by atoms with Crippen LogP contribution >= 0.6 is 0 Å². The van der Waals surface area contributed by atoms with E-state index in [1.807, 2.05) is 0 Å². The maximum absolute atomic E-state index is 9.63. The van der Waals surface area contributed by atoms with Gasteiger partial charge in [-0.15, -0.1) is 0 Å². The molecule has 3 nitrogen and oxygen atoms in total. The fraction of sp³-hybridized carbons (Fsp3) is 0.625. The summed E-state index contributed by atoms with van der Waals surface area (Å²) in [7, 11) is 0. The molecule has 1 aliphatic heterocycles. The van der Waals surface area contributed by atoms with E-state index in [0.29, 0.717) is 6.10 Å². The van der Waals surface area contributed by atoms with Crippen LogP contribution in [0.5, 0.6) is 0 Å². The monoisotopic (exact) mass is 263 g/mol. The summed E-state index contributed by atoms with van der Waals surface area (Å²) >= 11 is 0. The SMILES string of the molecule is Cc1cc(C)c(C(CO)NCC2CCCO2)cc1C. The second kappa shape index (κ2) is 6.51. The highest BCUT2D eigenvalue weighted by Gasteiger charge is 2.19. The predicted molar refractivity (Wildman–Crippen MR) is 77.5 cm³/mol. The molecule has 0 aromatic heterocycles. The summed E-state index contributed by atoms with van der Waals surface area (Å²) in [6.07, 6.45) is 2.58. The van der Waals surface area contributed by atoms with Gasteiger partial charge in [0.1, 0.15) is 0 Å². The van der Waals surface area contributed by atoms with E-state index in [-0.39, 0.29) is 12.6 Å². The highest BCUT2D eigenvalue weighted by molar-refractivity contribution is 5.38. The van der Waals surface area contributed by atoms with E-state index >= 15 is 0 Å². The van der Waals surface area contributed by atoms with Crippen LogP contribution in [0.1, 0.15) is 41.1 Å². The number of aliphatic hydroxyl groups is 1. The smallest absolute Gasteiger partial charge is 0.0700 e. The highest BCUT2D eigenvalue weighted by atomic mass is 16.5. The number of benzene rings is 1. The number of hydrogen-bond donors (Lipinski definition) is 2. The van der Waals surface area contributed by atoms with Crippen molar-refractivity contribution in [2.45, 2.75) is 45.8 Å². The molecule has 1 heterocycles. The molecule has 2 rings (SSSR count). The second-order valence-corrected chi connectivity index (χ2v) is 5.57. The van der Waals surface area contributed by atoms with Crippen molar-refractivity contribution < 1.29 is 9.84 Å². The maximum atomic E-state index is 9.63. The molecule has 0 amide bonds. The lowest BCUT2D eigenvalue weighted by molar-refractivity contribution is 0.104. The van der Waals surface area contributed by atoms with Crippen LogP contribution in [0, 0.1) is 20.8 Å². The van der Waals surface area contributed by atoms with Crippen LogP contribution in [0.15, 0.2) is 12.1 Å². The minimum absolute atomic E-state index is 0.00324. The third-order valence-corrected chi connectivity index (χ3v) is 4.06. The Morgan fingerprint density at radius 2 is 2.00 bits per heavy atom. The lowest BCUT2D eigenvalue weighted by Gasteiger charge is -2.22. The van der Waals surface area contributed by atoms with Gasteiger partial charge in [-0.05, 0) is 55.9 Å². The van der Waals surface area contributed by atoms with Gasteiger partial charge in [0.2, 0.25) is 0 Å². The molecule has 0 radical (unpaired) electrons. The quantitative estimate of drug-likeness (QED) is 0.857. The van der Waals surface area contributed by atoms with Gasteiger partial charge in [-0.2, -0.15) is 0 Å². The summed E-state index contributed by atoms with van der Waals surface area (Å²) in [5.74, 6) is 0. The number of aliphatic hydroxyl groups excluding tert-OH is 1. The second-order valence-electron chi connectivity index (χ2n) is 5.57. The molecule has 0 spiro atoms. The third kappa shape index (κ3) is 3.56. The molecule has 1 saturated heterocycles. The van der Waals surface area contributed by atoms with E-state index in [4.69, 9.17) is 4.74 Å². The fourth-order valence-corrected chi connectivity index (χ4v) is 2.71. The zero-order chi connectivity index (χ0) is 13.8. The van der Waals surface area contributed by atoms with Crippen molar-refractivity contribution in [3.8, 4) is 0 Å². The van der Waals surface area contributed by atoms with Crippen LogP contribution in [-0.4, -0.2) is 31.0 Å². The molecular formula is C16H25NO2. The van der Waals surface area contributed by atoms with E-state index in [1.54, 1.807) is 0 Å². The van der Waals surface area contributed by atoms with Crippen molar-refractivity contribution in [3.63, 3.8) is 0 Å². The maximum Gasteiger partial charge on any atom is 0.0700 e. The molecule has 2 unspecified atom stereocenters. The number of aryl methyl sites for hydroxylation is 3. The topological polar surface area (TPSA) is 41.5 Å². The highest BCUT2D eigenvalue weighted by Crippen LogP contribution is 2.22. The van der Waals surface area contributed by atoms with Crippen molar-refractivity contribution in [3.05, 3.63) is 34.4 Å². The largest absolute Gasteiger partial charge is 0.394 e. The molecular weight excluding hydrogens is 238 g/mol. The first kappa shape index (κ1) is 14.5. The average Bonchev–Trinajstić information content (AvgIpc) is 2.89. The van der Waals surface area contributed by atoms with Gasteiger partial charge in [-0.1, -0.05) is 12.1 Å². The molecule has 1 aromatic rings. The first-order chi connectivity index (χ1) is 9.11. The minimum atomic E-state index is 0.00324. The molecule has 2 N–H and O–H groups in total. The third-order valence-electron chi connectivity index (χ3n) is 4.06. The lowest BCUT2D eigenvalue weighted by atomic mass is 9.96. The van der Waals surface area contributed by atoms with E-state index in [0.717, 1.165) is 26.0 Å². The number of nitrogens with one attached hydrogen (secondary N) is 1. The van der Waals surface area contributed by atoms with Crippen LogP contribution in [0.3, 0.4) is 0 Å². The van der Waals surface area contributed by atoms with Crippen molar-refractivity contribution in [2.75, 3.05) is 19.8 Å². The summed E-state index contributed by atoms with van der Waals surface area (Å²) < 4.78 is 5.61. The van der Waals surface area contributed by atoms with Gasteiger partial charge >= 0.3 is 0 Å². The summed E-state index contributed by atoms with van der Waals surface area (Å²) in [6, 6.07) is 4.39. The van der Waals surface area contributed by atoms with Gasteiger partial charge in [-0.3, -0.25) is 0 Å². The number of rotatable bonds is 5. The number of hydrogen-bond acceptors (Lipinski definition) is 3. The van der Waals surface area contributed by atoms with Crippen molar-refractivity contribution >= 4 is 0 Å². The number of ether oxygens (including phenoxy) is 1. The molecule has 0 aliphatic carbocycles. The molecule has 3 heteroatoms. The Bertz CT molecular complexity index is 425. The Hall–Kier alpha value is -0.900. The molecule has 19 heavy (non-hydrogen) atoms. The average molecular weight is 263 g/mol. The van der Waals surface area contributed by atoms with Crippen LogP contribution in [-0.2, 0) is 4.74 Å². The van der Waals surface area contributed by atoms with E-state index < -0.39 is 0 Å². The summed E-state index contributed by atoms with van der Waals surface area (Å²) in [6.45, 7) is 8.16. The summed E-state index contributed by atoms with van der Waals surface area (Å²) in [5, 5.41) is 13.1. The molecule has 1 aromatic carbocycles. The van der Waals surface area contributed by atoms with Crippen LogP contribution in [0.2, 0.25) is 0 Å². The molecule has 2 atom stereocenters. The van der Waals surface area contributed by atoms with Gasteiger partial charge in [0, 0.05) is 13.2 Å². The zero-order valence-electron chi connectivity index (χ0n) is 12.2. The molecule has 1 fully saturated rings. The lowest BCUT2D eigenvalue weighted by Crippen LogP contribution is -2.32. The van der Waals surface area contributed by atoms with E-state index in [1.165, 1.54) is 22.3 Å². The van der Waals surface area contributed by atoms with Crippen LogP contribution in [0.4, 0.5) is 0 Å². The Morgan fingerprint density at radius 1 is 1.26 bits per heavy atom. The molecule has 0 bridgehead atoms. The van der Waals surface area contributed by atoms with Gasteiger partial charge in [0.05, 0.1) is 18.8 Å². The molecule has 106 valence electrons. The zero-order valence-corrected chi connectivity index (χ0v) is 12.2. The van der Waals surface area contributed by atoms with Crippen molar-refractivity contribution in [1.29, 1.82) is 0 Å². The van der Waals surface area contributed by atoms with Crippen LogP contribution in [0.25, 0.3) is 0 Å². The van der Waals surface area contributed by atoms with Crippen LogP contribution < -0.4 is 5.32 Å². The first-order valence-electron chi connectivity index (χ1n) is 7.15. The fourth-order valence-electron chi connectivity index (χ4n) is 2.71. The van der Waals surface area contributed by atoms with Gasteiger partial charge in [0.15, 0.2) is 0 Å². The normalized spacial score (nSPS) is 20.7. The van der Waals surface area contributed by atoms with Gasteiger partial charge in [0.25, 0.3) is 0 Å². The molecule has 1 aliphatic rings. The van der Waals surface area contributed by atoms with Crippen molar-refractivity contribution in [2.24, 2.45) is 0 Å². The van der Waals surface area contributed by atoms with Crippen molar-refractivity contribution in [1.82, 2.24) is 5.32 Å².